The average molecular weight is 321 g/mol. The summed E-state index contributed by atoms with van der Waals surface area (Å²) in [5.41, 5.74) is 1.29. The third kappa shape index (κ3) is 3.96. The van der Waals surface area contributed by atoms with E-state index in [0.717, 1.165) is 5.56 Å². The van der Waals surface area contributed by atoms with Gasteiger partial charge in [0.25, 0.3) is 5.91 Å². The number of aromatic nitrogens is 1. The highest BCUT2D eigenvalue weighted by Crippen LogP contribution is 2.24. The van der Waals surface area contributed by atoms with Gasteiger partial charge < -0.3 is 14.7 Å². The lowest BCUT2D eigenvalue weighted by Crippen LogP contribution is -2.33. The first-order valence-electron chi connectivity index (χ1n) is 6.78. The Kier molecular flexibility index (Phi) is 5.75. The molecule has 1 amide bonds. The summed E-state index contributed by atoms with van der Waals surface area (Å²) >= 11 is 5.92. The van der Waals surface area contributed by atoms with Crippen LogP contribution in [0.2, 0.25) is 5.02 Å². The minimum absolute atomic E-state index is 0.123. The number of pyridine rings is 1. The molecule has 0 fully saturated rings. The molecule has 6 heteroatoms. The van der Waals surface area contributed by atoms with E-state index in [1.165, 1.54) is 7.11 Å². The fourth-order valence-corrected chi connectivity index (χ4v) is 2.26. The van der Waals surface area contributed by atoms with Gasteiger partial charge in [0.1, 0.15) is 5.75 Å². The lowest BCUT2D eigenvalue weighted by atomic mass is 10.1. The zero-order valence-electron chi connectivity index (χ0n) is 12.2. The molecule has 0 radical (unpaired) electrons. The normalized spacial score (nSPS) is 10.3. The molecule has 0 atom stereocenters. The highest BCUT2D eigenvalue weighted by atomic mass is 35.5. The van der Waals surface area contributed by atoms with Gasteiger partial charge in [0, 0.05) is 30.5 Å². The van der Waals surface area contributed by atoms with E-state index < -0.39 is 0 Å². The van der Waals surface area contributed by atoms with E-state index >= 15 is 0 Å². The molecular weight excluding hydrogens is 304 g/mol. The maximum absolute atomic E-state index is 12.7. The number of ether oxygens (including phenoxy) is 1. The third-order valence-corrected chi connectivity index (χ3v) is 3.38. The molecule has 116 valence electrons. The Bertz CT molecular complexity index is 635. The second-order valence-corrected chi connectivity index (χ2v) is 5.09. The van der Waals surface area contributed by atoms with Crippen LogP contribution in [-0.2, 0) is 6.54 Å². The van der Waals surface area contributed by atoms with Crippen molar-refractivity contribution in [3.63, 3.8) is 0 Å². The lowest BCUT2D eigenvalue weighted by molar-refractivity contribution is 0.0704. The summed E-state index contributed by atoms with van der Waals surface area (Å²) in [7, 11) is 1.49. The molecular formula is C16H17ClN2O3. The van der Waals surface area contributed by atoms with Gasteiger partial charge in [0.05, 0.1) is 19.3 Å². The van der Waals surface area contributed by atoms with Crippen LogP contribution in [0.4, 0.5) is 0 Å². The number of methoxy groups -OCH3 is 1. The van der Waals surface area contributed by atoms with E-state index in [1.54, 1.807) is 41.6 Å². The summed E-state index contributed by atoms with van der Waals surface area (Å²) in [6.45, 7) is 0.459. The van der Waals surface area contributed by atoms with E-state index in [2.05, 4.69) is 4.98 Å². The van der Waals surface area contributed by atoms with Crippen molar-refractivity contribution in [1.29, 1.82) is 0 Å². The third-order valence-electron chi connectivity index (χ3n) is 3.15. The van der Waals surface area contributed by atoms with Crippen LogP contribution >= 0.6 is 11.6 Å². The van der Waals surface area contributed by atoms with Crippen LogP contribution in [0.3, 0.4) is 0 Å². The Morgan fingerprint density at radius 3 is 2.86 bits per heavy atom. The summed E-state index contributed by atoms with van der Waals surface area (Å²) < 4.78 is 5.22. The number of rotatable bonds is 6. The van der Waals surface area contributed by atoms with Gasteiger partial charge in [-0.15, -0.1) is 0 Å². The van der Waals surface area contributed by atoms with Crippen molar-refractivity contribution in [1.82, 2.24) is 9.88 Å². The van der Waals surface area contributed by atoms with E-state index in [1.807, 2.05) is 6.07 Å². The molecule has 0 aliphatic carbocycles. The standard InChI is InChI=1S/C16H17ClN2O3/c1-22-15-9-13(17)4-5-14(15)16(21)19(7-8-20)11-12-3-2-6-18-10-12/h2-6,9-10,20H,7-8,11H2,1H3. The number of halogens is 1. The summed E-state index contributed by atoms with van der Waals surface area (Å²) in [4.78, 5) is 18.3. The van der Waals surface area contributed by atoms with Gasteiger partial charge in [0.2, 0.25) is 0 Å². The van der Waals surface area contributed by atoms with Crippen LogP contribution in [0.5, 0.6) is 5.75 Å². The van der Waals surface area contributed by atoms with Crippen molar-refractivity contribution in [2.45, 2.75) is 6.54 Å². The van der Waals surface area contributed by atoms with Gasteiger partial charge in [-0.25, -0.2) is 0 Å². The molecule has 22 heavy (non-hydrogen) atoms. The van der Waals surface area contributed by atoms with Crippen LogP contribution in [0.25, 0.3) is 0 Å². The highest BCUT2D eigenvalue weighted by Gasteiger charge is 2.20. The predicted octanol–water partition coefficient (Wildman–Crippen LogP) is 2.38. The first-order valence-corrected chi connectivity index (χ1v) is 7.16. The molecule has 0 unspecified atom stereocenters. The quantitative estimate of drug-likeness (QED) is 0.887. The van der Waals surface area contributed by atoms with Crippen molar-refractivity contribution in [3.8, 4) is 5.75 Å². The van der Waals surface area contributed by atoms with E-state index in [-0.39, 0.29) is 19.1 Å². The number of carbonyl (C=O) groups is 1. The van der Waals surface area contributed by atoms with Gasteiger partial charge in [0.15, 0.2) is 0 Å². The van der Waals surface area contributed by atoms with Crippen molar-refractivity contribution >= 4 is 17.5 Å². The van der Waals surface area contributed by atoms with Crippen molar-refractivity contribution in [2.24, 2.45) is 0 Å². The van der Waals surface area contributed by atoms with Crippen LogP contribution < -0.4 is 4.74 Å². The van der Waals surface area contributed by atoms with Crippen LogP contribution in [0, 0.1) is 0 Å². The first kappa shape index (κ1) is 16.3. The summed E-state index contributed by atoms with van der Waals surface area (Å²) in [6, 6.07) is 8.54. The zero-order valence-corrected chi connectivity index (χ0v) is 13.0. The largest absolute Gasteiger partial charge is 0.496 e. The second kappa shape index (κ2) is 7.77. The van der Waals surface area contributed by atoms with E-state index in [0.29, 0.717) is 22.9 Å². The number of hydrogen-bond donors (Lipinski definition) is 1. The summed E-state index contributed by atoms with van der Waals surface area (Å²) in [6.07, 6.45) is 3.36. The molecule has 0 bridgehead atoms. The number of benzene rings is 1. The highest BCUT2D eigenvalue weighted by molar-refractivity contribution is 6.30. The minimum Gasteiger partial charge on any atom is -0.496 e. The Morgan fingerprint density at radius 1 is 1.41 bits per heavy atom. The zero-order chi connectivity index (χ0) is 15.9. The Balaban J connectivity index is 2.26. The number of hydrogen-bond acceptors (Lipinski definition) is 4. The Hall–Kier alpha value is -2.11. The molecule has 0 saturated heterocycles. The number of amides is 1. The summed E-state index contributed by atoms with van der Waals surface area (Å²) in [5, 5.41) is 9.71. The number of carbonyl (C=O) groups excluding carboxylic acids is 1. The maximum atomic E-state index is 12.7. The number of aliphatic hydroxyl groups is 1. The summed E-state index contributed by atoms with van der Waals surface area (Å²) in [5.74, 6) is 0.179. The van der Waals surface area contributed by atoms with Gasteiger partial charge in [-0.1, -0.05) is 17.7 Å². The van der Waals surface area contributed by atoms with E-state index in [4.69, 9.17) is 16.3 Å². The maximum Gasteiger partial charge on any atom is 0.258 e. The molecule has 0 spiro atoms. The molecule has 0 aliphatic heterocycles. The SMILES string of the molecule is COc1cc(Cl)ccc1C(=O)N(CCO)Cc1cccnc1. The Labute approximate surface area is 134 Å². The van der Waals surface area contributed by atoms with Gasteiger partial charge in [-0.2, -0.15) is 0 Å². The molecule has 1 aromatic carbocycles. The monoisotopic (exact) mass is 320 g/mol. The minimum atomic E-state index is -0.230. The number of nitrogens with zero attached hydrogens (tertiary/aromatic N) is 2. The van der Waals surface area contributed by atoms with Crippen molar-refractivity contribution in [3.05, 3.63) is 58.9 Å². The van der Waals surface area contributed by atoms with E-state index in [9.17, 15) is 9.90 Å². The molecule has 1 N–H and O–H groups in total. The Morgan fingerprint density at radius 2 is 2.23 bits per heavy atom. The van der Waals surface area contributed by atoms with Gasteiger partial charge >= 0.3 is 0 Å². The second-order valence-electron chi connectivity index (χ2n) is 4.66. The van der Waals surface area contributed by atoms with Crippen LogP contribution in [-0.4, -0.2) is 41.2 Å². The topological polar surface area (TPSA) is 62.7 Å². The smallest absolute Gasteiger partial charge is 0.258 e. The van der Waals surface area contributed by atoms with Crippen molar-refractivity contribution in [2.75, 3.05) is 20.3 Å². The molecule has 0 saturated carbocycles. The average Bonchev–Trinajstić information content (AvgIpc) is 2.54. The fraction of sp³-hybridized carbons (Fsp3) is 0.250. The molecule has 2 aromatic rings. The van der Waals surface area contributed by atoms with Gasteiger partial charge in [-0.05, 0) is 29.8 Å². The lowest BCUT2D eigenvalue weighted by Gasteiger charge is -2.22. The number of aliphatic hydroxyl groups excluding tert-OH is 1. The van der Waals surface area contributed by atoms with Crippen LogP contribution in [0.1, 0.15) is 15.9 Å². The van der Waals surface area contributed by atoms with Crippen molar-refractivity contribution < 1.29 is 14.6 Å². The molecule has 5 nitrogen and oxygen atoms in total. The van der Waals surface area contributed by atoms with Gasteiger partial charge in [-0.3, -0.25) is 9.78 Å². The molecule has 1 aromatic heterocycles. The predicted molar refractivity (Wildman–Crippen MR) is 84.1 cm³/mol. The molecule has 0 aliphatic rings. The molecule has 1 heterocycles. The fourth-order valence-electron chi connectivity index (χ4n) is 2.10. The van der Waals surface area contributed by atoms with Crippen LogP contribution in [0.15, 0.2) is 42.7 Å². The molecule has 2 rings (SSSR count). The first-order chi connectivity index (χ1) is 10.7.